The van der Waals surface area contributed by atoms with Crippen LogP contribution in [0.1, 0.15) is 348 Å². The second kappa shape index (κ2) is 59.5. The number of unbranched alkanes of at least 4 members (excludes halogenated alkanes) is 43. The molecule has 0 fully saturated rings. The molecule has 0 aliphatic carbocycles. The van der Waals surface area contributed by atoms with Crippen LogP contribution < -0.4 is 0 Å². The zero-order valence-corrected chi connectivity index (χ0v) is 47.3. The molecule has 0 rings (SSSR count). The number of hydrogen-bond acceptors (Lipinski definition) is 6. The third kappa shape index (κ3) is 56.8. The molecule has 6 heteroatoms. The summed E-state index contributed by atoms with van der Waals surface area (Å²) in [7, 11) is 0. The fraction of sp³-hybridized carbons (Fsp3) is 0.891. The molecule has 0 aromatic heterocycles. The van der Waals surface area contributed by atoms with Crippen LogP contribution in [0.4, 0.5) is 0 Å². The first-order valence-corrected chi connectivity index (χ1v) is 31.3. The van der Waals surface area contributed by atoms with Crippen molar-refractivity contribution < 1.29 is 28.6 Å². The van der Waals surface area contributed by atoms with E-state index in [4.69, 9.17) is 14.2 Å². The Hall–Kier alpha value is -2.11. The predicted octanol–water partition coefficient (Wildman–Crippen LogP) is 21.1. The molecule has 0 aliphatic heterocycles. The maximum absolute atomic E-state index is 12.8. The summed E-state index contributed by atoms with van der Waals surface area (Å²) in [5.74, 6) is -0.873. The van der Waals surface area contributed by atoms with Gasteiger partial charge in [-0.2, -0.15) is 0 Å². The van der Waals surface area contributed by atoms with E-state index in [-0.39, 0.29) is 31.1 Å². The number of esters is 3. The Labute approximate surface area is 436 Å². The Morgan fingerprint density at radius 2 is 0.486 bits per heavy atom. The largest absolute Gasteiger partial charge is 0.462 e. The second-order valence-electron chi connectivity index (χ2n) is 21.3. The van der Waals surface area contributed by atoms with Gasteiger partial charge in [0.25, 0.3) is 0 Å². The van der Waals surface area contributed by atoms with Crippen LogP contribution in [-0.4, -0.2) is 37.2 Å². The van der Waals surface area contributed by atoms with E-state index in [2.05, 4.69) is 45.1 Å². The zero-order chi connectivity index (χ0) is 50.7. The van der Waals surface area contributed by atoms with Crippen molar-refractivity contribution in [2.45, 2.75) is 354 Å². The summed E-state index contributed by atoms with van der Waals surface area (Å²) in [6, 6.07) is 0. The van der Waals surface area contributed by atoms with Crippen molar-refractivity contribution in [3.63, 3.8) is 0 Å². The van der Waals surface area contributed by atoms with Crippen molar-refractivity contribution in [2.24, 2.45) is 0 Å². The molecule has 0 heterocycles. The standard InChI is InChI=1S/C64H120O6/c1-4-7-10-13-16-19-22-24-25-26-27-28-29-30-31-32-33-34-35-36-37-38-40-42-45-48-51-54-57-63(66)69-60-61(59-68-62(65)56-53-50-47-44-41-21-18-15-12-9-6-3)70-64(67)58-55-52-49-46-43-39-23-20-17-14-11-8-5-2/h15,18,20,23,61H,4-14,16-17,19,21-22,24-60H2,1-3H3/b18-15-,23-20-. The van der Waals surface area contributed by atoms with Crippen LogP contribution in [0.2, 0.25) is 0 Å². The minimum atomic E-state index is -0.775. The molecule has 0 saturated carbocycles. The molecule has 1 atom stereocenters. The molecule has 0 saturated heterocycles. The van der Waals surface area contributed by atoms with Gasteiger partial charge in [-0.25, -0.2) is 0 Å². The van der Waals surface area contributed by atoms with Gasteiger partial charge in [0.1, 0.15) is 13.2 Å². The van der Waals surface area contributed by atoms with Crippen LogP contribution in [0.3, 0.4) is 0 Å². The van der Waals surface area contributed by atoms with Crippen molar-refractivity contribution in [2.75, 3.05) is 13.2 Å². The average Bonchev–Trinajstić information content (AvgIpc) is 3.36. The first-order valence-electron chi connectivity index (χ1n) is 31.3. The molecule has 1 unspecified atom stereocenters. The molecule has 0 bridgehead atoms. The van der Waals surface area contributed by atoms with Gasteiger partial charge in [-0.15, -0.1) is 0 Å². The highest BCUT2D eigenvalue weighted by Crippen LogP contribution is 2.18. The van der Waals surface area contributed by atoms with Gasteiger partial charge in [0.05, 0.1) is 0 Å². The molecule has 0 spiro atoms. The molecular formula is C64H120O6. The first-order chi connectivity index (χ1) is 34.5. The Morgan fingerprint density at radius 3 is 0.771 bits per heavy atom. The lowest BCUT2D eigenvalue weighted by molar-refractivity contribution is -0.167. The van der Waals surface area contributed by atoms with Crippen LogP contribution in [0.5, 0.6) is 0 Å². The number of carbonyl (C=O) groups excluding carboxylic acids is 3. The summed E-state index contributed by atoms with van der Waals surface area (Å²) in [4.78, 5) is 38.1. The Morgan fingerprint density at radius 1 is 0.271 bits per heavy atom. The minimum absolute atomic E-state index is 0.0730. The van der Waals surface area contributed by atoms with Crippen LogP contribution in [-0.2, 0) is 28.6 Å². The van der Waals surface area contributed by atoms with E-state index >= 15 is 0 Å². The predicted molar refractivity (Wildman–Crippen MR) is 303 cm³/mol. The van der Waals surface area contributed by atoms with Crippen LogP contribution in [0.15, 0.2) is 24.3 Å². The van der Waals surface area contributed by atoms with Gasteiger partial charge < -0.3 is 14.2 Å². The van der Waals surface area contributed by atoms with Gasteiger partial charge in [0.15, 0.2) is 6.10 Å². The molecule has 0 radical (unpaired) electrons. The van der Waals surface area contributed by atoms with Gasteiger partial charge >= 0.3 is 17.9 Å². The third-order valence-corrected chi connectivity index (χ3v) is 14.2. The zero-order valence-electron chi connectivity index (χ0n) is 47.3. The smallest absolute Gasteiger partial charge is 0.306 e. The van der Waals surface area contributed by atoms with Crippen molar-refractivity contribution in [3.8, 4) is 0 Å². The van der Waals surface area contributed by atoms with Crippen LogP contribution in [0.25, 0.3) is 0 Å². The quantitative estimate of drug-likeness (QED) is 0.0261. The van der Waals surface area contributed by atoms with Crippen LogP contribution in [0, 0.1) is 0 Å². The van der Waals surface area contributed by atoms with Gasteiger partial charge in [0.2, 0.25) is 0 Å². The molecular weight excluding hydrogens is 865 g/mol. The van der Waals surface area contributed by atoms with Crippen molar-refractivity contribution in [1.29, 1.82) is 0 Å². The highest BCUT2D eigenvalue weighted by Gasteiger charge is 2.19. The highest BCUT2D eigenvalue weighted by molar-refractivity contribution is 5.71. The summed E-state index contributed by atoms with van der Waals surface area (Å²) in [5, 5.41) is 0. The highest BCUT2D eigenvalue weighted by atomic mass is 16.6. The van der Waals surface area contributed by atoms with Gasteiger partial charge in [0, 0.05) is 19.3 Å². The summed E-state index contributed by atoms with van der Waals surface area (Å²) < 4.78 is 16.9. The summed E-state index contributed by atoms with van der Waals surface area (Å²) in [5.41, 5.74) is 0. The molecule has 6 nitrogen and oxygen atoms in total. The monoisotopic (exact) mass is 985 g/mol. The Kier molecular flexibility index (Phi) is 57.7. The molecule has 412 valence electrons. The van der Waals surface area contributed by atoms with Gasteiger partial charge in [-0.3, -0.25) is 14.4 Å². The minimum Gasteiger partial charge on any atom is -0.462 e. The summed E-state index contributed by atoms with van der Waals surface area (Å²) >= 11 is 0. The van der Waals surface area contributed by atoms with E-state index in [1.807, 2.05) is 0 Å². The second-order valence-corrected chi connectivity index (χ2v) is 21.3. The van der Waals surface area contributed by atoms with Crippen molar-refractivity contribution in [3.05, 3.63) is 24.3 Å². The summed E-state index contributed by atoms with van der Waals surface area (Å²) in [6.07, 6.45) is 70.6. The maximum Gasteiger partial charge on any atom is 0.306 e. The van der Waals surface area contributed by atoms with E-state index in [0.29, 0.717) is 19.3 Å². The fourth-order valence-electron chi connectivity index (χ4n) is 9.42. The third-order valence-electron chi connectivity index (χ3n) is 14.2. The van der Waals surface area contributed by atoms with E-state index in [0.717, 1.165) is 70.6 Å². The van der Waals surface area contributed by atoms with E-state index in [9.17, 15) is 14.4 Å². The lowest BCUT2D eigenvalue weighted by Crippen LogP contribution is -2.30. The number of rotatable bonds is 58. The topological polar surface area (TPSA) is 78.9 Å². The van der Waals surface area contributed by atoms with Crippen LogP contribution >= 0.6 is 0 Å². The fourth-order valence-corrected chi connectivity index (χ4v) is 9.42. The Balaban J connectivity index is 4.09. The number of carbonyl (C=O) groups is 3. The number of hydrogen-bond donors (Lipinski definition) is 0. The van der Waals surface area contributed by atoms with E-state index in [1.54, 1.807) is 0 Å². The van der Waals surface area contributed by atoms with Gasteiger partial charge in [-0.1, -0.05) is 289 Å². The molecule has 0 aliphatic rings. The summed E-state index contributed by atoms with van der Waals surface area (Å²) in [6.45, 7) is 6.62. The molecule has 70 heavy (non-hydrogen) atoms. The SMILES string of the molecule is CCCC/C=C\CCCCCCCC(=O)OCC(COC(=O)CCCCCCCCCCCCCCCCCCCCCCCCCCCCCC)OC(=O)CCCCCCC/C=C\CCCCCC. The molecule has 0 N–H and O–H groups in total. The first kappa shape index (κ1) is 67.9. The Bertz CT molecular complexity index is 1130. The normalized spacial score (nSPS) is 12.1. The lowest BCUT2D eigenvalue weighted by Gasteiger charge is -2.18. The molecule has 0 aromatic rings. The average molecular weight is 986 g/mol. The number of ether oxygens (including phenoxy) is 3. The number of allylic oxidation sites excluding steroid dienone is 4. The van der Waals surface area contributed by atoms with E-state index < -0.39 is 6.10 Å². The maximum atomic E-state index is 12.8. The van der Waals surface area contributed by atoms with E-state index in [1.165, 1.54) is 238 Å². The van der Waals surface area contributed by atoms with Crippen molar-refractivity contribution >= 4 is 17.9 Å². The lowest BCUT2D eigenvalue weighted by atomic mass is 10.0. The molecule has 0 aromatic carbocycles. The van der Waals surface area contributed by atoms with Gasteiger partial charge in [-0.05, 0) is 64.2 Å². The molecule has 0 amide bonds. The van der Waals surface area contributed by atoms with Crippen molar-refractivity contribution in [1.82, 2.24) is 0 Å².